The summed E-state index contributed by atoms with van der Waals surface area (Å²) < 4.78 is 6.72. The number of anilines is 1. The molecule has 4 aromatic rings. The molecule has 1 aromatic heterocycles. The maximum absolute atomic E-state index is 13.4. The molecule has 0 radical (unpaired) electrons. The lowest BCUT2D eigenvalue weighted by Crippen LogP contribution is -2.46. The molecule has 168 valence electrons. The summed E-state index contributed by atoms with van der Waals surface area (Å²) in [5.41, 5.74) is 3.03. The number of hydrogen-bond acceptors (Lipinski definition) is 5. The van der Waals surface area contributed by atoms with Gasteiger partial charge in [-0.1, -0.05) is 47.7 Å². The van der Waals surface area contributed by atoms with Crippen molar-refractivity contribution in [2.24, 2.45) is 0 Å². The molecule has 1 unspecified atom stereocenters. The van der Waals surface area contributed by atoms with Crippen LogP contribution in [0.4, 0.5) is 5.69 Å². The lowest BCUT2D eigenvalue weighted by molar-refractivity contribution is -0.139. The molecule has 0 aliphatic carbocycles. The molecular weight excluding hydrogens is 418 g/mol. The average molecular weight is 444 g/mol. The van der Waals surface area contributed by atoms with Gasteiger partial charge in [-0.05, 0) is 48.9 Å². The highest BCUT2D eigenvalue weighted by atomic mass is 16.5. The molecular formula is C25H25N5O3. The summed E-state index contributed by atoms with van der Waals surface area (Å²) in [5, 5.41) is 11.1. The van der Waals surface area contributed by atoms with Gasteiger partial charge in [0.15, 0.2) is 0 Å². The van der Waals surface area contributed by atoms with E-state index in [0.29, 0.717) is 23.5 Å². The monoisotopic (exact) mass is 443 g/mol. The molecule has 8 heteroatoms. The van der Waals surface area contributed by atoms with Gasteiger partial charge < -0.3 is 15.0 Å². The Bertz CT molecular complexity index is 1240. The quantitative estimate of drug-likeness (QED) is 0.450. The summed E-state index contributed by atoms with van der Waals surface area (Å²) >= 11 is 0. The van der Waals surface area contributed by atoms with E-state index < -0.39 is 6.04 Å². The number of ether oxygens (including phenoxy) is 1. The average Bonchev–Trinajstić information content (AvgIpc) is 3.26. The van der Waals surface area contributed by atoms with Crippen LogP contribution >= 0.6 is 0 Å². The van der Waals surface area contributed by atoms with Crippen molar-refractivity contribution in [1.29, 1.82) is 0 Å². The number of nitrogens with one attached hydrogen (secondary N) is 1. The molecule has 0 saturated heterocycles. The van der Waals surface area contributed by atoms with Gasteiger partial charge in [0, 0.05) is 12.2 Å². The number of carbonyl (C=O) groups is 2. The number of hydrogen-bond donors (Lipinski definition) is 1. The second kappa shape index (κ2) is 9.95. The Labute approximate surface area is 191 Å². The summed E-state index contributed by atoms with van der Waals surface area (Å²) in [7, 11) is 1.58. The van der Waals surface area contributed by atoms with Crippen molar-refractivity contribution >= 4 is 28.5 Å². The van der Waals surface area contributed by atoms with Crippen LogP contribution in [0.25, 0.3) is 11.0 Å². The van der Waals surface area contributed by atoms with Crippen LogP contribution in [-0.4, -0.2) is 44.9 Å². The van der Waals surface area contributed by atoms with Gasteiger partial charge >= 0.3 is 0 Å². The molecule has 8 nitrogen and oxygen atoms in total. The zero-order valence-electron chi connectivity index (χ0n) is 18.5. The first-order valence-electron chi connectivity index (χ1n) is 10.6. The van der Waals surface area contributed by atoms with Gasteiger partial charge in [-0.15, -0.1) is 5.10 Å². The largest absolute Gasteiger partial charge is 0.497 e. The van der Waals surface area contributed by atoms with Crippen molar-refractivity contribution < 1.29 is 14.3 Å². The van der Waals surface area contributed by atoms with Crippen LogP contribution in [0.1, 0.15) is 12.5 Å². The Morgan fingerprint density at radius 2 is 1.70 bits per heavy atom. The van der Waals surface area contributed by atoms with Crippen LogP contribution in [0.5, 0.6) is 5.75 Å². The summed E-state index contributed by atoms with van der Waals surface area (Å²) in [6.07, 6.45) is 0. The topological polar surface area (TPSA) is 89.4 Å². The normalized spacial score (nSPS) is 11.7. The smallest absolute Gasteiger partial charge is 0.246 e. The summed E-state index contributed by atoms with van der Waals surface area (Å²) in [5.74, 6) is 0.182. The van der Waals surface area contributed by atoms with E-state index in [0.717, 1.165) is 11.1 Å². The van der Waals surface area contributed by atoms with Gasteiger partial charge in [-0.25, -0.2) is 4.68 Å². The highest BCUT2D eigenvalue weighted by molar-refractivity contribution is 5.97. The van der Waals surface area contributed by atoms with Crippen molar-refractivity contribution in [3.05, 3.63) is 84.4 Å². The molecule has 0 spiro atoms. The van der Waals surface area contributed by atoms with Crippen molar-refractivity contribution in [3.63, 3.8) is 0 Å². The van der Waals surface area contributed by atoms with Gasteiger partial charge in [-0.3, -0.25) is 9.59 Å². The van der Waals surface area contributed by atoms with Crippen LogP contribution in [0.2, 0.25) is 0 Å². The molecule has 1 N–H and O–H groups in total. The second-order valence-electron chi connectivity index (χ2n) is 7.64. The molecule has 1 heterocycles. The maximum Gasteiger partial charge on any atom is 0.246 e. The molecule has 0 aliphatic heterocycles. The predicted octanol–water partition coefficient (Wildman–Crippen LogP) is 3.50. The lowest BCUT2D eigenvalue weighted by atomic mass is 10.1. The highest BCUT2D eigenvalue weighted by Crippen LogP contribution is 2.17. The van der Waals surface area contributed by atoms with Gasteiger partial charge in [0.1, 0.15) is 23.9 Å². The van der Waals surface area contributed by atoms with Crippen LogP contribution < -0.4 is 10.1 Å². The first-order valence-corrected chi connectivity index (χ1v) is 10.6. The Morgan fingerprint density at radius 1 is 1.00 bits per heavy atom. The third-order valence-electron chi connectivity index (χ3n) is 5.43. The lowest BCUT2D eigenvalue weighted by Gasteiger charge is -2.28. The van der Waals surface area contributed by atoms with Gasteiger partial charge in [0.05, 0.1) is 12.6 Å². The SMILES string of the molecule is COc1ccc(NC(=O)C(C)N(Cc2ccccc2)C(=O)Cn2nnc3ccccc32)cc1. The highest BCUT2D eigenvalue weighted by Gasteiger charge is 2.27. The van der Waals surface area contributed by atoms with Gasteiger partial charge in [0.2, 0.25) is 11.8 Å². The van der Waals surface area contributed by atoms with Crippen LogP contribution in [0, 0.1) is 0 Å². The molecule has 1 atom stereocenters. The molecule has 3 aromatic carbocycles. The molecule has 33 heavy (non-hydrogen) atoms. The molecule has 2 amide bonds. The Morgan fingerprint density at radius 3 is 2.42 bits per heavy atom. The number of fused-ring (bicyclic) bond motifs is 1. The number of amides is 2. The Balaban J connectivity index is 1.55. The first kappa shape index (κ1) is 22.0. The van der Waals surface area contributed by atoms with Crippen molar-refractivity contribution in [2.45, 2.75) is 26.1 Å². The summed E-state index contributed by atoms with van der Waals surface area (Å²) in [4.78, 5) is 28.0. The number of benzene rings is 3. The Hall–Kier alpha value is -4.20. The van der Waals surface area contributed by atoms with E-state index in [1.54, 1.807) is 47.9 Å². The van der Waals surface area contributed by atoms with Crippen molar-refractivity contribution in [2.75, 3.05) is 12.4 Å². The maximum atomic E-state index is 13.4. The summed E-state index contributed by atoms with van der Waals surface area (Å²) in [6.45, 7) is 2.00. The minimum atomic E-state index is -0.713. The minimum Gasteiger partial charge on any atom is -0.497 e. The van der Waals surface area contributed by atoms with Gasteiger partial charge in [-0.2, -0.15) is 0 Å². The standard InChI is InChI=1S/C25H25N5O3/c1-18(25(32)26-20-12-14-21(33-2)15-13-20)29(16-19-8-4-3-5-9-19)24(31)17-30-23-11-7-6-10-22(23)27-28-30/h3-15,18H,16-17H2,1-2H3,(H,26,32). The molecule has 0 bridgehead atoms. The minimum absolute atomic E-state index is 0.0203. The predicted molar refractivity (Wildman–Crippen MR) is 126 cm³/mol. The van der Waals surface area contributed by atoms with Crippen LogP contribution in [-0.2, 0) is 22.7 Å². The number of aromatic nitrogens is 3. The van der Waals surface area contributed by atoms with Crippen LogP contribution in [0.3, 0.4) is 0 Å². The Kier molecular flexibility index (Phi) is 6.64. The van der Waals surface area contributed by atoms with E-state index in [2.05, 4.69) is 15.6 Å². The second-order valence-corrected chi connectivity index (χ2v) is 7.64. The zero-order chi connectivity index (χ0) is 23.2. The first-order chi connectivity index (χ1) is 16.0. The number of carbonyl (C=O) groups excluding carboxylic acids is 2. The van der Waals surface area contributed by atoms with E-state index in [9.17, 15) is 9.59 Å². The summed E-state index contributed by atoms with van der Waals surface area (Å²) in [6, 6.07) is 23.4. The fourth-order valence-corrected chi connectivity index (χ4v) is 3.54. The van der Waals surface area contributed by atoms with E-state index >= 15 is 0 Å². The van der Waals surface area contributed by atoms with E-state index in [1.807, 2.05) is 54.6 Å². The fraction of sp³-hybridized carbons (Fsp3) is 0.200. The van der Waals surface area contributed by atoms with E-state index in [4.69, 9.17) is 4.74 Å². The number of para-hydroxylation sites is 1. The van der Waals surface area contributed by atoms with E-state index in [1.165, 1.54) is 0 Å². The van der Waals surface area contributed by atoms with Crippen molar-refractivity contribution in [1.82, 2.24) is 19.9 Å². The number of rotatable bonds is 8. The van der Waals surface area contributed by atoms with Crippen LogP contribution in [0.15, 0.2) is 78.9 Å². The number of nitrogens with zero attached hydrogens (tertiary/aromatic N) is 4. The zero-order valence-corrected chi connectivity index (χ0v) is 18.5. The molecule has 0 saturated carbocycles. The molecule has 0 aliphatic rings. The molecule has 4 rings (SSSR count). The third kappa shape index (κ3) is 5.17. The van der Waals surface area contributed by atoms with Gasteiger partial charge in [0.25, 0.3) is 0 Å². The molecule has 0 fully saturated rings. The van der Waals surface area contributed by atoms with E-state index in [-0.39, 0.29) is 18.4 Å². The fourth-order valence-electron chi connectivity index (χ4n) is 3.54. The third-order valence-corrected chi connectivity index (χ3v) is 5.43. The van der Waals surface area contributed by atoms with Crippen molar-refractivity contribution in [3.8, 4) is 5.75 Å². The number of methoxy groups -OCH3 is 1.